The van der Waals surface area contributed by atoms with Gasteiger partial charge in [-0.15, -0.1) is 0 Å². The molecule has 108 valence electrons. The minimum absolute atomic E-state index is 0.0905. The molecule has 0 aliphatic carbocycles. The summed E-state index contributed by atoms with van der Waals surface area (Å²) in [4.78, 5) is 4.13. The lowest BCUT2D eigenvalue weighted by molar-refractivity contribution is 0.590. The number of nitrogens with two attached hydrogens (primary N) is 1. The number of imidazole rings is 1. The first-order chi connectivity index (χ1) is 9.88. The highest BCUT2D eigenvalue weighted by Crippen LogP contribution is 2.27. The Morgan fingerprint density at radius 2 is 1.71 bits per heavy atom. The summed E-state index contributed by atoms with van der Waals surface area (Å²) >= 11 is 0. The number of halogens is 1. The zero-order valence-corrected chi connectivity index (χ0v) is 12.4. The third-order valence-corrected chi connectivity index (χ3v) is 3.65. The van der Waals surface area contributed by atoms with Crippen molar-refractivity contribution in [1.82, 2.24) is 9.55 Å². The summed E-state index contributed by atoms with van der Waals surface area (Å²) in [6, 6.07) is 13.0. The lowest BCUT2D eigenvalue weighted by Gasteiger charge is -2.19. The zero-order chi connectivity index (χ0) is 15.2. The van der Waals surface area contributed by atoms with Crippen LogP contribution in [0.2, 0.25) is 0 Å². The fourth-order valence-electron chi connectivity index (χ4n) is 2.46. The van der Waals surface area contributed by atoms with Crippen molar-refractivity contribution in [3.05, 3.63) is 53.8 Å². The number of hydrogen-bond donors (Lipinski definition) is 1. The van der Waals surface area contributed by atoms with Crippen molar-refractivity contribution in [1.29, 1.82) is 0 Å². The summed E-state index contributed by atoms with van der Waals surface area (Å²) < 4.78 is 15.6. The maximum absolute atomic E-state index is 13.8. The van der Waals surface area contributed by atoms with E-state index in [0.29, 0.717) is 17.0 Å². The van der Waals surface area contributed by atoms with E-state index in [1.165, 1.54) is 11.6 Å². The summed E-state index contributed by atoms with van der Waals surface area (Å²) in [6.07, 6.45) is 0. The van der Waals surface area contributed by atoms with Crippen LogP contribution in [-0.2, 0) is 5.41 Å². The number of nitrogens with zero attached hydrogens (tertiary/aromatic N) is 2. The molecule has 2 N–H and O–H groups in total. The molecular weight excluding hydrogens is 265 g/mol. The fraction of sp³-hybridized carbons (Fsp3) is 0.235. The first-order valence-electron chi connectivity index (χ1n) is 6.91. The zero-order valence-electron chi connectivity index (χ0n) is 12.4. The molecule has 1 heterocycles. The Hall–Kier alpha value is -2.36. The molecule has 0 aliphatic rings. The molecule has 0 saturated heterocycles. The van der Waals surface area contributed by atoms with Gasteiger partial charge in [0.15, 0.2) is 5.82 Å². The van der Waals surface area contributed by atoms with E-state index in [1.807, 2.05) is 18.2 Å². The summed E-state index contributed by atoms with van der Waals surface area (Å²) in [7, 11) is 0. The van der Waals surface area contributed by atoms with Crippen LogP contribution >= 0.6 is 0 Å². The number of nitrogen functional groups attached to an aromatic ring is 1. The van der Waals surface area contributed by atoms with Crippen LogP contribution in [-0.4, -0.2) is 9.55 Å². The van der Waals surface area contributed by atoms with Gasteiger partial charge in [-0.1, -0.05) is 39.0 Å². The summed E-state index contributed by atoms with van der Waals surface area (Å²) in [5.41, 5.74) is 9.15. The van der Waals surface area contributed by atoms with Crippen LogP contribution in [0.5, 0.6) is 0 Å². The molecule has 2 aromatic carbocycles. The highest BCUT2D eigenvalue weighted by atomic mass is 19.1. The second-order valence-corrected chi connectivity index (χ2v) is 6.21. The lowest BCUT2D eigenvalue weighted by Crippen LogP contribution is -2.11. The van der Waals surface area contributed by atoms with Crippen LogP contribution < -0.4 is 5.73 Å². The first-order valence-corrected chi connectivity index (χ1v) is 6.91. The van der Waals surface area contributed by atoms with Gasteiger partial charge in [0.2, 0.25) is 5.95 Å². The minimum atomic E-state index is -0.357. The molecule has 0 aliphatic heterocycles. The minimum Gasteiger partial charge on any atom is -0.369 e. The van der Waals surface area contributed by atoms with Gasteiger partial charge in [0.25, 0.3) is 0 Å². The van der Waals surface area contributed by atoms with Crippen LogP contribution in [0.1, 0.15) is 26.3 Å². The van der Waals surface area contributed by atoms with Crippen LogP contribution in [0.4, 0.5) is 10.3 Å². The maximum Gasteiger partial charge on any atom is 0.206 e. The molecule has 0 atom stereocenters. The topological polar surface area (TPSA) is 43.8 Å². The number of aromatic nitrogens is 2. The second kappa shape index (κ2) is 4.58. The lowest BCUT2D eigenvalue weighted by atomic mass is 9.87. The quantitative estimate of drug-likeness (QED) is 0.732. The van der Waals surface area contributed by atoms with E-state index in [0.717, 1.165) is 5.69 Å². The molecule has 0 radical (unpaired) electrons. The molecule has 0 saturated carbocycles. The molecule has 3 rings (SSSR count). The Morgan fingerprint density at radius 1 is 1.05 bits per heavy atom. The second-order valence-electron chi connectivity index (χ2n) is 6.21. The normalized spacial score (nSPS) is 12.0. The Kier molecular flexibility index (Phi) is 2.97. The average Bonchev–Trinajstić information content (AvgIpc) is 2.76. The largest absolute Gasteiger partial charge is 0.369 e. The van der Waals surface area contributed by atoms with Gasteiger partial charge in [-0.05, 0) is 35.2 Å². The monoisotopic (exact) mass is 283 g/mol. The number of anilines is 1. The van der Waals surface area contributed by atoms with Crippen molar-refractivity contribution in [2.24, 2.45) is 0 Å². The molecular formula is C17H18FN3. The van der Waals surface area contributed by atoms with E-state index < -0.39 is 0 Å². The highest BCUT2D eigenvalue weighted by Gasteiger charge is 2.15. The van der Waals surface area contributed by atoms with Crippen LogP contribution in [0, 0.1) is 5.82 Å². The SMILES string of the molecule is CC(C)(C)c1ccc(-n2c(N)nc3c(F)cccc32)cc1. The predicted octanol–water partition coefficient (Wildman–Crippen LogP) is 4.04. The first kappa shape index (κ1) is 13.6. The number of benzene rings is 2. The molecule has 4 heteroatoms. The van der Waals surface area contributed by atoms with Gasteiger partial charge in [-0.2, -0.15) is 0 Å². The fourth-order valence-corrected chi connectivity index (χ4v) is 2.46. The molecule has 0 bridgehead atoms. The van der Waals surface area contributed by atoms with E-state index in [-0.39, 0.29) is 11.2 Å². The molecule has 0 unspecified atom stereocenters. The third-order valence-electron chi connectivity index (χ3n) is 3.65. The molecule has 0 fully saturated rings. The van der Waals surface area contributed by atoms with Gasteiger partial charge in [0.05, 0.1) is 5.52 Å². The Bertz CT molecular complexity index is 795. The average molecular weight is 283 g/mol. The van der Waals surface area contributed by atoms with Crippen molar-refractivity contribution >= 4 is 17.0 Å². The molecule has 21 heavy (non-hydrogen) atoms. The summed E-state index contributed by atoms with van der Waals surface area (Å²) in [5.74, 6) is -0.0668. The van der Waals surface area contributed by atoms with Gasteiger partial charge in [-0.25, -0.2) is 9.37 Å². The van der Waals surface area contributed by atoms with Gasteiger partial charge in [-0.3, -0.25) is 4.57 Å². The summed E-state index contributed by atoms with van der Waals surface area (Å²) in [6.45, 7) is 6.50. The highest BCUT2D eigenvalue weighted by molar-refractivity contribution is 5.81. The Balaban J connectivity index is 2.17. The van der Waals surface area contributed by atoms with E-state index in [4.69, 9.17) is 5.73 Å². The number of para-hydroxylation sites is 1. The number of fused-ring (bicyclic) bond motifs is 1. The third kappa shape index (κ3) is 2.27. The van der Waals surface area contributed by atoms with Crippen molar-refractivity contribution in [3.63, 3.8) is 0 Å². The van der Waals surface area contributed by atoms with E-state index in [9.17, 15) is 4.39 Å². The number of hydrogen-bond acceptors (Lipinski definition) is 2. The van der Waals surface area contributed by atoms with Crippen LogP contribution in [0.15, 0.2) is 42.5 Å². The smallest absolute Gasteiger partial charge is 0.206 e. The van der Waals surface area contributed by atoms with Gasteiger partial charge in [0.1, 0.15) is 5.52 Å². The molecule has 1 aromatic heterocycles. The predicted molar refractivity (Wildman–Crippen MR) is 84.1 cm³/mol. The van der Waals surface area contributed by atoms with E-state index in [1.54, 1.807) is 10.6 Å². The van der Waals surface area contributed by atoms with Gasteiger partial charge in [0, 0.05) is 5.69 Å². The standard InChI is InChI=1S/C17H18FN3/c1-17(2,3)11-7-9-12(10-8-11)21-14-6-4-5-13(18)15(14)20-16(21)19/h4-10H,1-3H3,(H2,19,20). The van der Waals surface area contributed by atoms with Crippen LogP contribution in [0.25, 0.3) is 16.7 Å². The van der Waals surface area contributed by atoms with Crippen molar-refractivity contribution < 1.29 is 4.39 Å². The van der Waals surface area contributed by atoms with Crippen molar-refractivity contribution in [3.8, 4) is 5.69 Å². The maximum atomic E-state index is 13.8. The van der Waals surface area contributed by atoms with Crippen molar-refractivity contribution in [2.45, 2.75) is 26.2 Å². The molecule has 0 spiro atoms. The van der Waals surface area contributed by atoms with Gasteiger partial charge < -0.3 is 5.73 Å². The van der Waals surface area contributed by atoms with E-state index >= 15 is 0 Å². The Labute approximate surface area is 123 Å². The van der Waals surface area contributed by atoms with Gasteiger partial charge >= 0.3 is 0 Å². The van der Waals surface area contributed by atoms with E-state index in [2.05, 4.69) is 37.9 Å². The Morgan fingerprint density at radius 3 is 2.33 bits per heavy atom. The van der Waals surface area contributed by atoms with Crippen LogP contribution in [0.3, 0.4) is 0 Å². The molecule has 3 nitrogen and oxygen atoms in total. The molecule has 3 aromatic rings. The van der Waals surface area contributed by atoms with Crippen molar-refractivity contribution in [2.75, 3.05) is 5.73 Å². The molecule has 0 amide bonds. The summed E-state index contributed by atoms with van der Waals surface area (Å²) in [5, 5.41) is 0. The number of rotatable bonds is 1.